The number of hydrogen-bond acceptors (Lipinski definition) is 2. The summed E-state index contributed by atoms with van der Waals surface area (Å²) in [4.78, 5) is 11.8. The minimum atomic E-state index is -0.239. The fraction of sp³-hybridized carbons (Fsp3) is 0.500. The molecule has 0 aliphatic heterocycles. The maximum Gasteiger partial charge on any atom is 0.221 e. The quantitative estimate of drug-likeness (QED) is 0.898. The monoisotopic (exact) mass is 302 g/mol. The number of amides is 1. The fourth-order valence-electron chi connectivity index (χ4n) is 2.71. The zero-order chi connectivity index (χ0) is 13.0. The van der Waals surface area contributed by atoms with Crippen molar-refractivity contribution in [1.82, 2.24) is 5.32 Å². The van der Waals surface area contributed by atoms with Gasteiger partial charge in [-0.1, -0.05) is 36.6 Å². The van der Waals surface area contributed by atoms with Gasteiger partial charge in [0.05, 0.1) is 5.54 Å². The molecule has 1 aliphatic rings. The number of nitrogens with one attached hydrogen (secondary N) is 1. The van der Waals surface area contributed by atoms with Crippen molar-refractivity contribution in [3.8, 4) is 0 Å². The van der Waals surface area contributed by atoms with Crippen LogP contribution in [0.5, 0.6) is 0 Å². The Morgan fingerprint density at radius 3 is 2.63 bits per heavy atom. The summed E-state index contributed by atoms with van der Waals surface area (Å²) >= 11 is 6.05. The predicted molar refractivity (Wildman–Crippen MR) is 80.7 cm³/mol. The molecular formula is C14H20Cl2N2O. The number of rotatable bonds is 4. The standard InChI is InChI=1S/C14H19ClN2O.ClH/c15-12-5-3-4-11(10-12)14(7-1-2-8-14)17-13(18)6-9-16;/h3-5,10H,1-2,6-9,16H2,(H,17,18);1H. The van der Waals surface area contributed by atoms with Crippen LogP contribution in [-0.4, -0.2) is 12.5 Å². The number of carbonyl (C=O) groups excluding carboxylic acids is 1. The summed E-state index contributed by atoms with van der Waals surface area (Å²) < 4.78 is 0. The molecular weight excluding hydrogens is 283 g/mol. The first-order chi connectivity index (χ1) is 8.66. The van der Waals surface area contributed by atoms with Crippen molar-refractivity contribution in [3.05, 3.63) is 34.9 Å². The van der Waals surface area contributed by atoms with Crippen LogP contribution in [0, 0.1) is 0 Å². The Hall–Kier alpha value is -0.770. The molecule has 3 nitrogen and oxygen atoms in total. The van der Waals surface area contributed by atoms with Gasteiger partial charge in [-0.25, -0.2) is 0 Å². The molecule has 0 atom stereocenters. The Bertz CT molecular complexity index is 431. The number of nitrogens with two attached hydrogens (primary N) is 1. The average molecular weight is 303 g/mol. The van der Waals surface area contributed by atoms with E-state index >= 15 is 0 Å². The second-order valence-corrected chi connectivity index (χ2v) is 5.32. The number of hydrogen-bond donors (Lipinski definition) is 2. The Morgan fingerprint density at radius 1 is 1.37 bits per heavy atom. The molecule has 1 aliphatic carbocycles. The molecule has 0 spiro atoms. The van der Waals surface area contributed by atoms with Gasteiger partial charge in [-0.05, 0) is 30.5 Å². The van der Waals surface area contributed by atoms with Gasteiger partial charge in [0.15, 0.2) is 0 Å². The van der Waals surface area contributed by atoms with E-state index < -0.39 is 0 Å². The van der Waals surface area contributed by atoms with Gasteiger partial charge in [0, 0.05) is 18.0 Å². The summed E-state index contributed by atoms with van der Waals surface area (Å²) in [6, 6.07) is 7.79. The van der Waals surface area contributed by atoms with Crippen LogP contribution in [0.15, 0.2) is 24.3 Å². The molecule has 0 aromatic heterocycles. The Labute approximate surface area is 125 Å². The predicted octanol–water partition coefficient (Wildman–Crippen LogP) is 3.00. The molecule has 5 heteroatoms. The first-order valence-electron chi connectivity index (χ1n) is 6.43. The number of benzene rings is 1. The van der Waals surface area contributed by atoms with E-state index in [0.29, 0.717) is 18.0 Å². The second-order valence-electron chi connectivity index (χ2n) is 4.89. The second kappa shape index (κ2) is 7.13. The van der Waals surface area contributed by atoms with Crippen molar-refractivity contribution in [2.45, 2.75) is 37.6 Å². The highest BCUT2D eigenvalue weighted by Gasteiger charge is 2.36. The Morgan fingerprint density at radius 2 is 2.05 bits per heavy atom. The van der Waals surface area contributed by atoms with E-state index in [2.05, 4.69) is 5.32 Å². The molecule has 1 aromatic rings. The highest BCUT2D eigenvalue weighted by molar-refractivity contribution is 6.30. The van der Waals surface area contributed by atoms with Crippen LogP contribution in [0.1, 0.15) is 37.7 Å². The molecule has 1 amide bonds. The first kappa shape index (κ1) is 16.3. The summed E-state index contributed by atoms with van der Waals surface area (Å²) in [5.74, 6) is 0.0272. The van der Waals surface area contributed by atoms with Gasteiger partial charge in [0.2, 0.25) is 5.91 Å². The van der Waals surface area contributed by atoms with Crippen molar-refractivity contribution < 1.29 is 4.79 Å². The molecule has 1 saturated carbocycles. The van der Waals surface area contributed by atoms with Crippen LogP contribution >= 0.6 is 24.0 Å². The van der Waals surface area contributed by atoms with Gasteiger partial charge in [0.1, 0.15) is 0 Å². The molecule has 0 unspecified atom stereocenters. The number of halogens is 2. The normalized spacial score (nSPS) is 16.7. The summed E-state index contributed by atoms with van der Waals surface area (Å²) in [5, 5.41) is 3.87. The Balaban J connectivity index is 0.00000180. The minimum Gasteiger partial charge on any atom is -0.347 e. The summed E-state index contributed by atoms with van der Waals surface area (Å²) in [5.41, 5.74) is 6.30. The van der Waals surface area contributed by atoms with Crippen LogP contribution in [-0.2, 0) is 10.3 Å². The van der Waals surface area contributed by atoms with Crippen LogP contribution < -0.4 is 11.1 Å². The van der Waals surface area contributed by atoms with Crippen molar-refractivity contribution in [1.29, 1.82) is 0 Å². The summed E-state index contributed by atoms with van der Waals surface area (Å²) in [7, 11) is 0. The molecule has 1 fully saturated rings. The molecule has 2 rings (SSSR count). The molecule has 0 saturated heterocycles. The van der Waals surface area contributed by atoms with Crippen LogP contribution in [0.3, 0.4) is 0 Å². The van der Waals surface area contributed by atoms with Crippen molar-refractivity contribution in [2.75, 3.05) is 6.54 Å². The average Bonchev–Trinajstić information content (AvgIpc) is 2.79. The zero-order valence-corrected chi connectivity index (χ0v) is 12.4. The Kier molecular flexibility index (Phi) is 6.11. The van der Waals surface area contributed by atoms with E-state index in [1.165, 1.54) is 0 Å². The fourth-order valence-corrected chi connectivity index (χ4v) is 2.90. The van der Waals surface area contributed by atoms with Gasteiger partial charge in [0.25, 0.3) is 0 Å². The van der Waals surface area contributed by atoms with Gasteiger partial charge in [-0.2, -0.15) is 0 Å². The van der Waals surface area contributed by atoms with Gasteiger partial charge < -0.3 is 11.1 Å². The maximum absolute atomic E-state index is 11.8. The summed E-state index contributed by atoms with van der Waals surface area (Å²) in [6.45, 7) is 0.386. The van der Waals surface area contributed by atoms with Crippen molar-refractivity contribution in [2.24, 2.45) is 5.73 Å². The van der Waals surface area contributed by atoms with Gasteiger partial charge >= 0.3 is 0 Å². The van der Waals surface area contributed by atoms with Gasteiger partial charge in [-0.15, -0.1) is 12.4 Å². The SMILES string of the molecule is Cl.NCCC(=O)NC1(c2cccc(Cl)c2)CCCC1. The lowest BCUT2D eigenvalue weighted by Gasteiger charge is -2.31. The van der Waals surface area contributed by atoms with Crippen LogP contribution in [0.25, 0.3) is 0 Å². The minimum absolute atomic E-state index is 0. The van der Waals surface area contributed by atoms with E-state index in [1.54, 1.807) is 0 Å². The largest absolute Gasteiger partial charge is 0.347 e. The third-order valence-corrected chi connectivity index (χ3v) is 3.82. The third kappa shape index (κ3) is 3.85. The highest BCUT2D eigenvalue weighted by atomic mass is 35.5. The summed E-state index contributed by atoms with van der Waals surface area (Å²) in [6.07, 6.45) is 4.60. The molecule has 0 heterocycles. The van der Waals surface area contributed by atoms with E-state index in [0.717, 1.165) is 31.2 Å². The molecule has 19 heavy (non-hydrogen) atoms. The van der Waals surface area contributed by atoms with Crippen molar-refractivity contribution in [3.63, 3.8) is 0 Å². The van der Waals surface area contributed by atoms with Crippen molar-refractivity contribution >= 4 is 29.9 Å². The van der Waals surface area contributed by atoms with Gasteiger partial charge in [-0.3, -0.25) is 4.79 Å². The molecule has 1 aromatic carbocycles. The lowest BCUT2D eigenvalue weighted by molar-refractivity contribution is -0.122. The first-order valence-corrected chi connectivity index (χ1v) is 6.81. The maximum atomic E-state index is 11.8. The lowest BCUT2D eigenvalue weighted by atomic mass is 9.88. The lowest BCUT2D eigenvalue weighted by Crippen LogP contribution is -2.44. The molecule has 0 radical (unpaired) electrons. The smallest absolute Gasteiger partial charge is 0.221 e. The van der Waals surface area contributed by atoms with E-state index in [4.69, 9.17) is 17.3 Å². The van der Waals surface area contributed by atoms with E-state index in [9.17, 15) is 4.79 Å². The van der Waals surface area contributed by atoms with E-state index in [-0.39, 0.29) is 23.9 Å². The van der Waals surface area contributed by atoms with Crippen LogP contribution in [0.2, 0.25) is 5.02 Å². The molecule has 0 bridgehead atoms. The topological polar surface area (TPSA) is 55.1 Å². The molecule has 106 valence electrons. The zero-order valence-electron chi connectivity index (χ0n) is 10.8. The highest BCUT2D eigenvalue weighted by Crippen LogP contribution is 2.39. The molecule has 3 N–H and O–H groups in total. The third-order valence-electron chi connectivity index (χ3n) is 3.58. The number of carbonyl (C=O) groups is 1. The van der Waals surface area contributed by atoms with E-state index in [1.807, 2.05) is 24.3 Å². The van der Waals surface area contributed by atoms with Crippen LogP contribution in [0.4, 0.5) is 0 Å².